The van der Waals surface area contributed by atoms with Crippen LogP contribution in [0, 0.1) is 0 Å². The van der Waals surface area contributed by atoms with Crippen molar-refractivity contribution < 1.29 is 28.6 Å². The molecule has 0 radical (unpaired) electrons. The van der Waals surface area contributed by atoms with Gasteiger partial charge in [-0.15, -0.1) is 0 Å². The quantitative estimate of drug-likeness (QED) is 0.0202. The van der Waals surface area contributed by atoms with Crippen LogP contribution in [0.25, 0.3) is 0 Å². The summed E-state index contributed by atoms with van der Waals surface area (Å²) in [7, 11) is 0. The Kier molecular flexibility index (Phi) is 43.7. The molecule has 0 spiro atoms. The van der Waals surface area contributed by atoms with Gasteiger partial charge in [-0.05, 0) is 96.3 Å². The summed E-state index contributed by atoms with van der Waals surface area (Å²) in [5.74, 6) is -1.03. The van der Waals surface area contributed by atoms with Crippen molar-refractivity contribution in [2.75, 3.05) is 13.2 Å². The van der Waals surface area contributed by atoms with Crippen molar-refractivity contribution in [2.24, 2.45) is 0 Å². The van der Waals surface area contributed by atoms with Crippen LogP contribution in [-0.2, 0) is 28.6 Å². The minimum atomic E-state index is -0.820. The van der Waals surface area contributed by atoms with Crippen molar-refractivity contribution in [1.29, 1.82) is 0 Å². The van der Waals surface area contributed by atoms with Gasteiger partial charge >= 0.3 is 17.9 Å². The molecule has 0 saturated heterocycles. The van der Waals surface area contributed by atoms with Crippen LogP contribution in [0.4, 0.5) is 0 Å². The lowest BCUT2D eigenvalue weighted by Crippen LogP contribution is -2.30. The van der Waals surface area contributed by atoms with Crippen LogP contribution in [0.1, 0.15) is 168 Å². The fourth-order valence-electron chi connectivity index (χ4n) is 5.64. The highest BCUT2D eigenvalue weighted by Gasteiger charge is 2.19. The largest absolute Gasteiger partial charge is 0.462 e. The molecule has 0 rings (SSSR count). The normalized spacial score (nSPS) is 13.3. The lowest BCUT2D eigenvalue weighted by atomic mass is 10.1. The van der Waals surface area contributed by atoms with Gasteiger partial charge in [-0.2, -0.15) is 0 Å². The van der Waals surface area contributed by atoms with Gasteiger partial charge in [0.2, 0.25) is 0 Å². The molecule has 1 unspecified atom stereocenters. The topological polar surface area (TPSA) is 78.9 Å². The van der Waals surface area contributed by atoms with Gasteiger partial charge in [0.05, 0.1) is 0 Å². The van der Waals surface area contributed by atoms with Crippen LogP contribution >= 0.6 is 0 Å². The lowest BCUT2D eigenvalue weighted by Gasteiger charge is -2.18. The maximum Gasteiger partial charge on any atom is 0.306 e. The van der Waals surface area contributed by atoms with E-state index in [1.54, 1.807) is 0 Å². The molecule has 0 heterocycles. The minimum absolute atomic E-state index is 0.121. The van der Waals surface area contributed by atoms with E-state index in [1.165, 1.54) is 12.8 Å². The number of esters is 3. The summed E-state index contributed by atoms with van der Waals surface area (Å²) in [4.78, 5) is 37.8. The van der Waals surface area contributed by atoms with E-state index in [2.05, 4.69) is 93.7 Å². The number of carbonyl (C=O) groups is 3. The summed E-state index contributed by atoms with van der Waals surface area (Å²) in [5.41, 5.74) is 0. The molecule has 0 bridgehead atoms. The number of hydrogen-bond donors (Lipinski definition) is 0. The van der Waals surface area contributed by atoms with Crippen molar-refractivity contribution in [3.63, 3.8) is 0 Å². The number of carbonyl (C=O) groups excluding carboxylic acids is 3. The first-order chi connectivity index (χ1) is 29.5. The van der Waals surface area contributed by atoms with Crippen molar-refractivity contribution in [2.45, 2.75) is 175 Å². The first-order valence-corrected chi connectivity index (χ1v) is 23.3. The summed E-state index contributed by atoms with van der Waals surface area (Å²) in [6.45, 7) is 6.14. The van der Waals surface area contributed by atoms with E-state index >= 15 is 0 Å². The summed E-state index contributed by atoms with van der Waals surface area (Å²) in [5, 5.41) is 0. The molecule has 0 aliphatic heterocycles. The van der Waals surface area contributed by atoms with Crippen LogP contribution in [0.5, 0.6) is 0 Å². The molecule has 0 aliphatic rings. The Bertz CT molecular complexity index is 1370. The highest BCUT2D eigenvalue weighted by molar-refractivity contribution is 5.71. The molecule has 0 aliphatic carbocycles. The lowest BCUT2D eigenvalue weighted by molar-refractivity contribution is -0.167. The molecule has 6 nitrogen and oxygen atoms in total. The second-order valence-corrected chi connectivity index (χ2v) is 14.7. The van der Waals surface area contributed by atoms with Crippen LogP contribution in [0.3, 0.4) is 0 Å². The van der Waals surface area contributed by atoms with Crippen LogP contribution in [0.15, 0.2) is 134 Å². The van der Waals surface area contributed by atoms with Crippen LogP contribution in [-0.4, -0.2) is 37.2 Å². The van der Waals surface area contributed by atoms with E-state index < -0.39 is 6.10 Å². The Morgan fingerprint density at radius 2 is 0.683 bits per heavy atom. The van der Waals surface area contributed by atoms with E-state index in [0.29, 0.717) is 12.8 Å². The van der Waals surface area contributed by atoms with E-state index in [-0.39, 0.29) is 37.5 Å². The van der Waals surface area contributed by atoms with E-state index in [9.17, 15) is 14.4 Å². The second kappa shape index (κ2) is 47.2. The molecule has 0 aromatic carbocycles. The molecule has 334 valence electrons. The number of rotatable bonds is 39. The molecule has 0 saturated carbocycles. The predicted molar refractivity (Wildman–Crippen MR) is 256 cm³/mol. The third-order valence-electron chi connectivity index (χ3n) is 9.04. The van der Waals surface area contributed by atoms with Crippen LogP contribution in [0.2, 0.25) is 0 Å². The van der Waals surface area contributed by atoms with Gasteiger partial charge in [-0.1, -0.05) is 187 Å². The summed E-state index contributed by atoms with van der Waals surface area (Å²) in [6, 6.07) is 0. The Morgan fingerprint density at radius 3 is 1.18 bits per heavy atom. The number of hydrogen-bond acceptors (Lipinski definition) is 6. The Labute approximate surface area is 366 Å². The van der Waals surface area contributed by atoms with Crippen molar-refractivity contribution in [3.8, 4) is 0 Å². The highest BCUT2D eigenvalue weighted by Crippen LogP contribution is 2.12. The van der Waals surface area contributed by atoms with E-state index in [4.69, 9.17) is 14.2 Å². The molecule has 0 amide bonds. The molecule has 60 heavy (non-hydrogen) atoms. The van der Waals surface area contributed by atoms with Gasteiger partial charge in [0, 0.05) is 19.3 Å². The van der Waals surface area contributed by atoms with Crippen molar-refractivity contribution in [1.82, 2.24) is 0 Å². The third-order valence-corrected chi connectivity index (χ3v) is 9.04. The zero-order valence-corrected chi connectivity index (χ0v) is 37.9. The Hall–Kier alpha value is -4.45. The predicted octanol–water partition coefficient (Wildman–Crippen LogP) is 15.1. The maximum absolute atomic E-state index is 12.7. The Morgan fingerprint density at radius 1 is 0.350 bits per heavy atom. The maximum atomic E-state index is 12.7. The number of unbranched alkanes of at least 4 members (excludes halogenated alkanes) is 11. The molecule has 0 aromatic heterocycles. The van der Waals surface area contributed by atoms with Gasteiger partial charge in [0.15, 0.2) is 6.10 Å². The van der Waals surface area contributed by atoms with Gasteiger partial charge in [0.25, 0.3) is 0 Å². The molecule has 0 fully saturated rings. The molecular weight excluding hydrogens is 745 g/mol. The highest BCUT2D eigenvalue weighted by atomic mass is 16.6. The second-order valence-electron chi connectivity index (χ2n) is 14.7. The third kappa shape index (κ3) is 44.6. The Balaban J connectivity index is 4.53. The molecular formula is C54H82O6. The monoisotopic (exact) mass is 827 g/mol. The zero-order chi connectivity index (χ0) is 43.7. The zero-order valence-electron chi connectivity index (χ0n) is 37.9. The summed E-state index contributed by atoms with van der Waals surface area (Å²) >= 11 is 0. The fourth-order valence-corrected chi connectivity index (χ4v) is 5.64. The van der Waals surface area contributed by atoms with Crippen molar-refractivity contribution >= 4 is 17.9 Å². The van der Waals surface area contributed by atoms with Crippen LogP contribution < -0.4 is 0 Å². The van der Waals surface area contributed by atoms with E-state index in [1.807, 2.05) is 60.8 Å². The summed E-state index contributed by atoms with van der Waals surface area (Å²) < 4.78 is 16.6. The summed E-state index contributed by atoms with van der Waals surface area (Å²) in [6.07, 6.45) is 65.8. The first-order valence-electron chi connectivity index (χ1n) is 23.3. The molecule has 0 N–H and O–H groups in total. The molecule has 1 atom stereocenters. The average Bonchev–Trinajstić information content (AvgIpc) is 3.24. The standard InChI is InChI=1S/C54H82O6/c1-4-7-10-13-16-19-21-23-25-27-29-30-32-35-38-41-44-47-53(56)59-50-51(49-58-52(55)46-43-40-37-34-18-15-12-9-6-3)60-54(57)48-45-42-39-36-33-31-28-26-24-22-20-17-14-11-8-5-2/h7-13,16-21,23-27,29-30,32,34,51H,4-6,14-15,22,28,31,33,35-50H2,1-3H3/b10-7-,11-8-,12-9-,16-13-,20-17-,21-19-,25-23-,26-24-,29-27+,32-30-,34-18-. The number of ether oxygens (including phenoxy) is 3. The minimum Gasteiger partial charge on any atom is -0.462 e. The van der Waals surface area contributed by atoms with Gasteiger partial charge in [-0.25, -0.2) is 0 Å². The first kappa shape index (κ1) is 55.5. The average molecular weight is 827 g/mol. The van der Waals surface area contributed by atoms with Gasteiger partial charge < -0.3 is 14.2 Å². The molecule has 6 heteroatoms. The smallest absolute Gasteiger partial charge is 0.306 e. The van der Waals surface area contributed by atoms with E-state index in [0.717, 1.165) is 116 Å². The van der Waals surface area contributed by atoms with Crippen molar-refractivity contribution in [3.05, 3.63) is 134 Å². The van der Waals surface area contributed by atoms with Gasteiger partial charge in [-0.3, -0.25) is 14.4 Å². The SMILES string of the molecule is CC\C=C/C=C\C=C/C=C\C=C\C=C/CCCCCC(=O)OCC(COC(=O)CCCC/C=C\C/C=C\CC)OC(=O)CCCCCCCC/C=C\C/C=C\C/C=C\CC. The van der Waals surface area contributed by atoms with Gasteiger partial charge in [0.1, 0.15) is 13.2 Å². The number of allylic oxidation sites excluding steroid dienone is 22. The molecule has 0 aromatic rings. The fraction of sp³-hybridized carbons (Fsp3) is 0.537.